The molecule has 1 aromatic carbocycles. The molecule has 0 unspecified atom stereocenters. The normalized spacial score (nSPS) is 13.5. The van der Waals surface area contributed by atoms with Gasteiger partial charge in [0.05, 0.1) is 28.4 Å². The van der Waals surface area contributed by atoms with Crippen molar-refractivity contribution in [3.8, 4) is 17.2 Å². The van der Waals surface area contributed by atoms with Crippen molar-refractivity contribution in [3.63, 3.8) is 0 Å². The molecule has 0 aromatic heterocycles. The Morgan fingerprint density at radius 3 is 2.09 bits per heavy atom. The second-order valence-corrected chi connectivity index (χ2v) is 5.18. The Kier molecular flexibility index (Phi) is 5.35. The second kappa shape index (κ2) is 7.24. The van der Waals surface area contributed by atoms with Crippen LogP contribution >= 0.6 is 0 Å². The quantitative estimate of drug-likeness (QED) is 0.774. The molecule has 1 saturated carbocycles. The molecule has 1 aliphatic rings. The van der Waals surface area contributed by atoms with Gasteiger partial charge in [0.15, 0.2) is 11.5 Å². The molecule has 2 rings (SSSR count). The molecule has 0 aliphatic heterocycles. The van der Waals surface area contributed by atoms with Gasteiger partial charge in [-0.25, -0.2) is 4.79 Å². The zero-order valence-corrected chi connectivity index (χ0v) is 13.5. The van der Waals surface area contributed by atoms with E-state index in [2.05, 4.69) is 0 Å². The first kappa shape index (κ1) is 16.3. The number of benzene rings is 1. The van der Waals surface area contributed by atoms with E-state index < -0.39 is 0 Å². The Balaban J connectivity index is 2.13. The molecule has 6 heteroatoms. The van der Waals surface area contributed by atoms with Gasteiger partial charge >= 0.3 is 6.09 Å². The van der Waals surface area contributed by atoms with Crippen LogP contribution in [0.4, 0.5) is 4.79 Å². The number of methoxy groups -OCH3 is 4. The van der Waals surface area contributed by atoms with Crippen LogP contribution in [0.25, 0.3) is 0 Å². The van der Waals surface area contributed by atoms with Gasteiger partial charge in [0.2, 0.25) is 5.75 Å². The number of ether oxygens (including phenoxy) is 4. The van der Waals surface area contributed by atoms with Gasteiger partial charge in [0, 0.05) is 12.6 Å². The van der Waals surface area contributed by atoms with Crippen LogP contribution in [0.2, 0.25) is 0 Å². The molecule has 0 atom stereocenters. The summed E-state index contributed by atoms with van der Waals surface area (Å²) in [5, 5.41) is 0. The van der Waals surface area contributed by atoms with Gasteiger partial charge in [0.1, 0.15) is 0 Å². The van der Waals surface area contributed by atoms with Crippen molar-refractivity contribution in [1.82, 2.24) is 4.90 Å². The summed E-state index contributed by atoms with van der Waals surface area (Å²) in [6, 6.07) is 4.13. The molecule has 0 heterocycles. The van der Waals surface area contributed by atoms with Crippen molar-refractivity contribution in [2.75, 3.05) is 35.0 Å². The van der Waals surface area contributed by atoms with E-state index in [9.17, 15) is 4.79 Å². The lowest BCUT2D eigenvalue weighted by Crippen LogP contribution is -2.34. The van der Waals surface area contributed by atoms with Gasteiger partial charge in [0.25, 0.3) is 0 Å². The number of hydrogen-bond donors (Lipinski definition) is 0. The van der Waals surface area contributed by atoms with E-state index in [4.69, 9.17) is 18.9 Å². The first-order chi connectivity index (χ1) is 10.6. The molecule has 0 radical (unpaired) electrons. The van der Waals surface area contributed by atoms with Crippen molar-refractivity contribution in [1.29, 1.82) is 0 Å². The monoisotopic (exact) mass is 309 g/mol. The molecule has 122 valence electrons. The van der Waals surface area contributed by atoms with E-state index in [0.717, 1.165) is 18.4 Å². The summed E-state index contributed by atoms with van der Waals surface area (Å²) in [5.74, 6) is 1.81. The lowest BCUT2D eigenvalue weighted by Gasteiger charge is -2.21. The van der Waals surface area contributed by atoms with Gasteiger partial charge in [-0.15, -0.1) is 0 Å². The molecule has 1 aromatic rings. The van der Waals surface area contributed by atoms with E-state index in [1.807, 2.05) is 12.1 Å². The highest BCUT2D eigenvalue weighted by molar-refractivity contribution is 5.68. The van der Waals surface area contributed by atoms with Gasteiger partial charge in [-0.2, -0.15) is 0 Å². The van der Waals surface area contributed by atoms with Crippen molar-refractivity contribution in [2.45, 2.75) is 25.3 Å². The maximum Gasteiger partial charge on any atom is 0.409 e. The van der Waals surface area contributed by atoms with Crippen molar-refractivity contribution in [2.24, 2.45) is 0 Å². The van der Waals surface area contributed by atoms with Gasteiger partial charge in [-0.1, -0.05) is 0 Å². The van der Waals surface area contributed by atoms with E-state index in [1.54, 1.807) is 26.2 Å². The van der Waals surface area contributed by atoms with Crippen LogP contribution in [-0.2, 0) is 11.2 Å². The largest absolute Gasteiger partial charge is 0.493 e. The standard InChI is InChI=1S/C16H23NO5/c1-19-13-9-11(10-14(20-2)15(13)21-3)7-8-17(12-5-6-12)16(18)22-4/h9-10,12H,5-8H2,1-4H3. The fourth-order valence-electron chi connectivity index (χ4n) is 2.46. The SMILES string of the molecule is COC(=O)N(CCc1cc(OC)c(OC)c(OC)c1)C1CC1. The highest BCUT2D eigenvalue weighted by Crippen LogP contribution is 2.38. The fourth-order valence-corrected chi connectivity index (χ4v) is 2.46. The van der Waals surface area contributed by atoms with Gasteiger partial charge in [-0.3, -0.25) is 0 Å². The van der Waals surface area contributed by atoms with Crippen LogP contribution in [0.1, 0.15) is 18.4 Å². The van der Waals surface area contributed by atoms with E-state index in [1.165, 1.54) is 7.11 Å². The Bertz CT molecular complexity index is 502. The minimum atomic E-state index is -0.269. The van der Waals surface area contributed by atoms with Crippen molar-refractivity contribution in [3.05, 3.63) is 17.7 Å². The number of rotatable bonds is 7. The summed E-state index contributed by atoms with van der Waals surface area (Å²) < 4.78 is 20.8. The lowest BCUT2D eigenvalue weighted by atomic mass is 10.1. The first-order valence-electron chi connectivity index (χ1n) is 7.28. The summed E-state index contributed by atoms with van der Waals surface area (Å²) in [6.07, 6.45) is 2.52. The molecular weight excluding hydrogens is 286 g/mol. The molecule has 1 aliphatic carbocycles. The number of amides is 1. The maximum atomic E-state index is 11.8. The summed E-state index contributed by atoms with van der Waals surface area (Å²) in [4.78, 5) is 13.6. The van der Waals surface area contributed by atoms with Crippen LogP contribution in [0.3, 0.4) is 0 Å². The molecule has 6 nitrogen and oxygen atoms in total. The maximum absolute atomic E-state index is 11.8. The number of carbonyl (C=O) groups is 1. The molecule has 22 heavy (non-hydrogen) atoms. The minimum absolute atomic E-state index is 0.269. The zero-order chi connectivity index (χ0) is 16.1. The molecular formula is C16H23NO5. The highest BCUT2D eigenvalue weighted by atomic mass is 16.5. The predicted molar refractivity (Wildman–Crippen MR) is 81.9 cm³/mol. The highest BCUT2D eigenvalue weighted by Gasteiger charge is 2.32. The number of nitrogens with zero attached hydrogens (tertiary/aromatic N) is 1. The molecule has 0 saturated heterocycles. The Hall–Kier alpha value is -2.11. The molecule has 1 fully saturated rings. The smallest absolute Gasteiger partial charge is 0.409 e. The van der Waals surface area contributed by atoms with Crippen molar-refractivity contribution >= 4 is 6.09 Å². The fraction of sp³-hybridized carbons (Fsp3) is 0.562. The third-order valence-electron chi connectivity index (χ3n) is 3.76. The number of carbonyl (C=O) groups excluding carboxylic acids is 1. The third kappa shape index (κ3) is 3.55. The molecule has 0 bridgehead atoms. The van der Waals surface area contributed by atoms with E-state index >= 15 is 0 Å². The Morgan fingerprint density at radius 2 is 1.68 bits per heavy atom. The average molecular weight is 309 g/mol. The minimum Gasteiger partial charge on any atom is -0.493 e. The van der Waals surface area contributed by atoms with Crippen LogP contribution in [0.5, 0.6) is 17.2 Å². The topological polar surface area (TPSA) is 57.2 Å². The summed E-state index contributed by atoms with van der Waals surface area (Å²) >= 11 is 0. The third-order valence-corrected chi connectivity index (χ3v) is 3.76. The number of hydrogen-bond acceptors (Lipinski definition) is 5. The van der Waals surface area contributed by atoms with Gasteiger partial charge < -0.3 is 23.8 Å². The van der Waals surface area contributed by atoms with Crippen LogP contribution < -0.4 is 14.2 Å². The van der Waals surface area contributed by atoms with Crippen LogP contribution in [0.15, 0.2) is 12.1 Å². The lowest BCUT2D eigenvalue weighted by molar-refractivity contribution is 0.121. The van der Waals surface area contributed by atoms with Gasteiger partial charge in [-0.05, 0) is 37.0 Å². The summed E-state index contributed by atoms with van der Waals surface area (Å²) in [5.41, 5.74) is 1.02. The summed E-state index contributed by atoms with van der Waals surface area (Å²) in [7, 11) is 6.17. The Labute approximate surface area is 130 Å². The van der Waals surface area contributed by atoms with Crippen LogP contribution in [0, 0.1) is 0 Å². The Morgan fingerprint density at radius 1 is 1.09 bits per heavy atom. The molecule has 0 N–H and O–H groups in total. The molecule has 1 amide bonds. The van der Waals surface area contributed by atoms with E-state index in [-0.39, 0.29) is 6.09 Å². The first-order valence-corrected chi connectivity index (χ1v) is 7.28. The summed E-state index contributed by atoms with van der Waals surface area (Å²) in [6.45, 7) is 0.607. The predicted octanol–water partition coefficient (Wildman–Crippen LogP) is 2.49. The van der Waals surface area contributed by atoms with E-state index in [0.29, 0.717) is 36.3 Å². The van der Waals surface area contributed by atoms with Crippen molar-refractivity contribution < 1.29 is 23.7 Å². The zero-order valence-electron chi connectivity index (χ0n) is 13.5. The molecule has 0 spiro atoms. The average Bonchev–Trinajstić information content (AvgIpc) is 3.38. The van der Waals surface area contributed by atoms with Crippen LogP contribution in [-0.4, -0.2) is 52.0 Å². The second-order valence-electron chi connectivity index (χ2n) is 5.18.